The van der Waals surface area contributed by atoms with Gasteiger partial charge in [0.05, 0.1) is 11.0 Å². The molecule has 0 radical (unpaired) electrons. The number of nitrogens with two attached hydrogens (primary N) is 1. The van der Waals surface area contributed by atoms with E-state index < -0.39 is 47.2 Å². The van der Waals surface area contributed by atoms with Crippen LogP contribution in [0.2, 0.25) is 0 Å². The zero-order chi connectivity index (χ0) is 41.5. The molecule has 1 fully saturated rings. The Morgan fingerprint density at radius 3 is 2.36 bits per heavy atom. The van der Waals surface area contributed by atoms with Gasteiger partial charge < -0.3 is 42.4 Å². The molecule has 0 unspecified atom stereocenters. The van der Waals surface area contributed by atoms with Gasteiger partial charge in [-0.05, 0) is 112 Å². The molecule has 16 nitrogen and oxygen atoms in total. The number of hydrogen-bond donors (Lipinski definition) is 8. The number of nitrogens with zero attached hydrogens (tertiary/aromatic N) is 2. The van der Waals surface area contributed by atoms with Crippen molar-refractivity contribution in [2.75, 3.05) is 11.9 Å². The number of imidazole rings is 1. The topological polar surface area (TPSA) is 250 Å². The molecule has 306 valence electrons. The van der Waals surface area contributed by atoms with Gasteiger partial charge in [0.15, 0.2) is 0 Å². The van der Waals surface area contributed by atoms with E-state index in [2.05, 4.69) is 41.5 Å². The van der Waals surface area contributed by atoms with Crippen molar-refractivity contribution in [3.63, 3.8) is 0 Å². The Bertz CT molecular complexity index is 2090. The van der Waals surface area contributed by atoms with Crippen molar-refractivity contribution in [1.82, 2.24) is 36.2 Å². The SMILES string of the molecule is Cc1ccc2nc(Nc3ccc(C(=O)N[C@@H](CCCCNC(=O)/C=C/c4cccnc4)C(=O)N[C@@H](CCCC(=O)O)C(=O)NC4(C(N)=O)CCCCC4)cc3)[nH]c2c1. The summed E-state index contributed by atoms with van der Waals surface area (Å²) in [6, 6.07) is 13.8. The molecule has 5 rings (SSSR count). The highest BCUT2D eigenvalue weighted by molar-refractivity contribution is 5.99. The van der Waals surface area contributed by atoms with E-state index in [0.717, 1.165) is 28.6 Å². The third-order valence-corrected chi connectivity index (χ3v) is 10.1. The lowest BCUT2D eigenvalue weighted by atomic mass is 9.80. The predicted octanol–water partition coefficient (Wildman–Crippen LogP) is 4.15. The van der Waals surface area contributed by atoms with Gasteiger partial charge in [-0.15, -0.1) is 0 Å². The van der Waals surface area contributed by atoms with Crippen LogP contribution in [0.4, 0.5) is 11.6 Å². The van der Waals surface area contributed by atoms with Crippen LogP contribution >= 0.6 is 0 Å². The quantitative estimate of drug-likeness (QED) is 0.0469. The summed E-state index contributed by atoms with van der Waals surface area (Å²) in [6.45, 7) is 2.29. The lowest BCUT2D eigenvalue weighted by Gasteiger charge is -2.36. The number of H-pyrrole nitrogens is 1. The Hall–Kier alpha value is -6.58. The number of benzene rings is 2. The highest BCUT2D eigenvalue weighted by Crippen LogP contribution is 2.28. The molecule has 0 spiro atoms. The summed E-state index contributed by atoms with van der Waals surface area (Å²) < 4.78 is 0. The maximum absolute atomic E-state index is 14.0. The van der Waals surface area contributed by atoms with Gasteiger partial charge in [0, 0.05) is 42.7 Å². The van der Waals surface area contributed by atoms with Gasteiger partial charge in [-0.25, -0.2) is 4.98 Å². The highest BCUT2D eigenvalue weighted by atomic mass is 16.4. The van der Waals surface area contributed by atoms with Crippen LogP contribution in [0.5, 0.6) is 0 Å². The number of fused-ring (bicyclic) bond motifs is 1. The number of aromatic amines is 1. The molecule has 5 amide bonds. The molecular weight excluding hydrogens is 743 g/mol. The molecule has 4 aromatic rings. The van der Waals surface area contributed by atoms with Crippen molar-refractivity contribution < 1.29 is 33.9 Å². The smallest absolute Gasteiger partial charge is 0.303 e. The number of rotatable bonds is 20. The molecule has 58 heavy (non-hydrogen) atoms. The molecule has 2 atom stereocenters. The minimum atomic E-state index is -1.28. The summed E-state index contributed by atoms with van der Waals surface area (Å²) in [7, 11) is 0. The van der Waals surface area contributed by atoms with Gasteiger partial charge in [0.1, 0.15) is 17.6 Å². The summed E-state index contributed by atoms with van der Waals surface area (Å²) in [6.07, 6.45) is 10.1. The number of amides is 5. The number of hydrogen-bond acceptors (Lipinski definition) is 9. The van der Waals surface area contributed by atoms with Crippen molar-refractivity contribution in [2.24, 2.45) is 5.73 Å². The van der Waals surface area contributed by atoms with Gasteiger partial charge in [-0.2, -0.15) is 0 Å². The number of unbranched alkanes of at least 4 members (excludes halogenated alkanes) is 1. The van der Waals surface area contributed by atoms with Gasteiger partial charge in [0.2, 0.25) is 29.6 Å². The fraction of sp³-hybridized carbons (Fsp3) is 0.381. The summed E-state index contributed by atoms with van der Waals surface area (Å²) in [5, 5.41) is 23.6. The van der Waals surface area contributed by atoms with Crippen molar-refractivity contribution in [2.45, 2.75) is 95.2 Å². The van der Waals surface area contributed by atoms with Crippen LogP contribution in [-0.4, -0.2) is 79.7 Å². The second-order valence-corrected chi connectivity index (χ2v) is 14.6. The Morgan fingerprint density at radius 2 is 1.66 bits per heavy atom. The number of carboxylic acids is 1. The number of anilines is 2. The van der Waals surface area contributed by atoms with Crippen LogP contribution in [0.15, 0.2) is 73.1 Å². The minimum absolute atomic E-state index is 0.0305. The average molecular weight is 794 g/mol. The minimum Gasteiger partial charge on any atom is -0.481 e. The van der Waals surface area contributed by atoms with Gasteiger partial charge in [0.25, 0.3) is 5.91 Å². The second-order valence-electron chi connectivity index (χ2n) is 14.6. The number of carboxylic acid groups (broad SMARTS) is 1. The number of carbonyl (C=O) groups excluding carboxylic acids is 5. The van der Waals surface area contributed by atoms with Crippen molar-refractivity contribution >= 4 is 64.3 Å². The van der Waals surface area contributed by atoms with Gasteiger partial charge in [-0.3, -0.25) is 33.8 Å². The Kier molecular flexibility index (Phi) is 15.1. The monoisotopic (exact) mass is 793 g/mol. The molecule has 2 aromatic carbocycles. The summed E-state index contributed by atoms with van der Waals surface area (Å²) in [5.41, 5.74) is 8.96. The van der Waals surface area contributed by atoms with E-state index in [1.54, 1.807) is 48.8 Å². The molecule has 16 heteroatoms. The number of aliphatic carboxylic acids is 1. The normalized spacial score (nSPS) is 14.6. The largest absolute Gasteiger partial charge is 0.481 e. The standard InChI is InChI=1S/C42H51N9O7/c1-27-13-19-31-34(25-27)50-41(49-31)46-30-17-15-29(16-18-30)37(55)47-32(10-3-6-24-45-35(52)20-14-28-9-8-23-44-26-28)38(56)48-33(11-7-12-36(53)54)39(57)51-42(40(43)58)21-4-2-5-22-42/h8-9,13-20,23,25-26,32-33H,2-7,10-12,21-22,24H2,1H3,(H2,43,58)(H,45,52)(H,47,55)(H,48,56)(H,51,57)(H,53,54)(H2,46,49,50)/b20-14+/t32-,33-/m0/s1. The van der Waals surface area contributed by atoms with E-state index in [0.29, 0.717) is 56.7 Å². The van der Waals surface area contributed by atoms with E-state index >= 15 is 0 Å². The molecule has 0 saturated heterocycles. The number of pyridine rings is 1. The van der Waals surface area contributed by atoms with E-state index in [1.165, 1.54) is 6.08 Å². The summed E-state index contributed by atoms with van der Waals surface area (Å²) >= 11 is 0. The maximum atomic E-state index is 14.0. The predicted molar refractivity (Wildman–Crippen MR) is 219 cm³/mol. The van der Waals surface area contributed by atoms with Crippen LogP contribution in [-0.2, 0) is 24.0 Å². The molecule has 1 saturated carbocycles. The van der Waals surface area contributed by atoms with E-state index in [-0.39, 0.29) is 37.2 Å². The lowest BCUT2D eigenvalue weighted by Crippen LogP contribution is -2.62. The number of carbonyl (C=O) groups is 6. The fourth-order valence-corrected chi connectivity index (χ4v) is 6.83. The number of aromatic nitrogens is 3. The molecule has 0 aliphatic heterocycles. The molecule has 0 bridgehead atoms. The maximum Gasteiger partial charge on any atom is 0.303 e. The van der Waals surface area contributed by atoms with Gasteiger partial charge >= 0.3 is 5.97 Å². The zero-order valence-electron chi connectivity index (χ0n) is 32.5. The Labute approximate surface area is 336 Å². The summed E-state index contributed by atoms with van der Waals surface area (Å²) in [5.74, 6) is -3.37. The van der Waals surface area contributed by atoms with Crippen molar-refractivity contribution in [1.29, 1.82) is 0 Å². The average Bonchev–Trinajstić information content (AvgIpc) is 3.61. The molecule has 2 heterocycles. The summed E-state index contributed by atoms with van der Waals surface area (Å²) in [4.78, 5) is 89.3. The van der Waals surface area contributed by atoms with Gasteiger partial charge in [-0.1, -0.05) is 31.4 Å². The molecular formula is C42H51N9O7. The van der Waals surface area contributed by atoms with Crippen LogP contribution in [0, 0.1) is 6.92 Å². The first-order chi connectivity index (χ1) is 27.9. The van der Waals surface area contributed by atoms with Crippen LogP contribution < -0.4 is 32.3 Å². The Morgan fingerprint density at radius 1 is 0.914 bits per heavy atom. The first kappa shape index (κ1) is 42.6. The lowest BCUT2D eigenvalue weighted by molar-refractivity contribution is -0.137. The fourth-order valence-electron chi connectivity index (χ4n) is 6.83. The van der Waals surface area contributed by atoms with Crippen molar-refractivity contribution in [3.05, 3.63) is 89.8 Å². The highest BCUT2D eigenvalue weighted by Gasteiger charge is 2.41. The van der Waals surface area contributed by atoms with Crippen molar-refractivity contribution in [3.8, 4) is 0 Å². The number of nitrogens with one attached hydrogen (secondary N) is 6. The molecule has 9 N–H and O–H groups in total. The second kappa shape index (κ2) is 20.5. The van der Waals surface area contributed by atoms with E-state index in [9.17, 15) is 33.9 Å². The molecule has 2 aromatic heterocycles. The van der Waals surface area contributed by atoms with E-state index in [4.69, 9.17) is 5.73 Å². The Balaban J connectivity index is 1.26. The first-order valence-electron chi connectivity index (χ1n) is 19.6. The molecule has 1 aliphatic carbocycles. The number of aryl methyl sites for hydroxylation is 1. The third kappa shape index (κ3) is 12.5. The van der Waals surface area contributed by atoms with Crippen LogP contribution in [0.1, 0.15) is 92.1 Å². The van der Waals surface area contributed by atoms with Crippen LogP contribution in [0.25, 0.3) is 17.1 Å². The number of primary amides is 1. The zero-order valence-corrected chi connectivity index (χ0v) is 32.5. The van der Waals surface area contributed by atoms with Crippen LogP contribution in [0.3, 0.4) is 0 Å². The molecule has 1 aliphatic rings. The third-order valence-electron chi connectivity index (χ3n) is 10.1. The van der Waals surface area contributed by atoms with E-state index in [1.807, 2.05) is 31.2 Å². The first-order valence-corrected chi connectivity index (χ1v) is 19.6.